The van der Waals surface area contributed by atoms with Crippen LogP contribution in [0.4, 0.5) is 13.2 Å². The van der Waals surface area contributed by atoms with Crippen LogP contribution in [0, 0.1) is 0 Å². The molecule has 0 radical (unpaired) electrons. The van der Waals surface area contributed by atoms with Crippen molar-refractivity contribution in [3.8, 4) is 34.5 Å². The number of benzene rings is 1. The number of hydrogen-bond acceptors (Lipinski definition) is 8. The van der Waals surface area contributed by atoms with Crippen molar-refractivity contribution < 1.29 is 22.6 Å². The maximum atomic E-state index is 13.1. The van der Waals surface area contributed by atoms with Crippen LogP contribution in [0.25, 0.3) is 33.8 Å². The van der Waals surface area contributed by atoms with E-state index >= 15 is 0 Å². The number of nitrogens with zero attached hydrogens (tertiary/aromatic N) is 7. The fraction of sp³-hybridized carbons (Fsp3) is 0.321. The molecule has 5 aromatic rings. The Bertz CT molecular complexity index is 1710. The second-order valence-corrected chi connectivity index (χ2v) is 10.6. The summed E-state index contributed by atoms with van der Waals surface area (Å²) in [5.41, 5.74) is 3.47. The highest BCUT2D eigenvalue weighted by Crippen LogP contribution is 2.45. The van der Waals surface area contributed by atoms with Crippen LogP contribution in [-0.4, -0.2) is 47.4 Å². The number of rotatable bonds is 9. The molecule has 9 nitrogen and oxygen atoms in total. The van der Waals surface area contributed by atoms with E-state index < -0.39 is 11.9 Å². The molecule has 212 valence electrons. The van der Waals surface area contributed by atoms with Crippen LogP contribution >= 0.6 is 11.8 Å². The maximum absolute atomic E-state index is 13.1. The Balaban J connectivity index is 1.33. The van der Waals surface area contributed by atoms with Crippen molar-refractivity contribution in [1.29, 1.82) is 0 Å². The third kappa shape index (κ3) is 5.33. The van der Waals surface area contributed by atoms with E-state index in [0.717, 1.165) is 41.3 Å². The molecule has 4 aromatic heterocycles. The Morgan fingerprint density at radius 1 is 1.02 bits per heavy atom. The van der Waals surface area contributed by atoms with Crippen LogP contribution in [-0.2, 0) is 25.7 Å². The van der Waals surface area contributed by atoms with Gasteiger partial charge in [-0.25, -0.2) is 19.9 Å². The SMILES string of the molecule is COc1ncnc(C2CC2)c1-c1nc(OCc2ccc(-c3nc(C(F)(F)F)cn3C)cc2)c2c(ccn2CSC)n1. The molecule has 6 rings (SSSR count). The number of hydrogen-bond donors (Lipinski definition) is 0. The molecule has 0 N–H and O–H groups in total. The monoisotopic (exact) mass is 581 g/mol. The second-order valence-electron chi connectivity index (χ2n) is 9.75. The number of halogens is 3. The maximum Gasteiger partial charge on any atom is 0.434 e. The van der Waals surface area contributed by atoms with Crippen LogP contribution in [0.3, 0.4) is 0 Å². The summed E-state index contributed by atoms with van der Waals surface area (Å²) in [4.78, 5) is 22.3. The van der Waals surface area contributed by atoms with Crippen molar-refractivity contribution in [1.82, 2.24) is 34.1 Å². The molecule has 0 spiro atoms. The lowest BCUT2D eigenvalue weighted by atomic mass is 10.1. The van der Waals surface area contributed by atoms with Gasteiger partial charge < -0.3 is 18.6 Å². The molecule has 1 aromatic carbocycles. The number of methoxy groups -OCH3 is 1. The number of fused-ring (bicyclic) bond motifs is 1. The zero-order valence-electron chi connectivity index (χ0n) is 22.5. The van der Waals surface area contributed by atoms with Gasteiger partial charge in [0.25, 0.3) is 0 Å². The summed E-state index contributed by atoms with van der Waals surface area (Å²) in [6, 6.07) is 8.99. The molecule has 0 unspecified atom stereocenters. The zero-order valence-corrected chi connectivity index (χ0v) is 23.3. The predicted molar refractivity (Wildman–Crippen MR) is 149 cm³/mol. The first-order valence-electron chi connectivity index (χ1n) is 12.8. The van der Waals surface area contributed by atoms with Crippen LogP contribution < -0.4 is 9.47 Å². The third-order valence-corrected chi connectivity index (χ3v) is 7.36. The van der Waals surface area contributed by atoms with E-state index in [4.69, 9.17) is 19.4 Å². The molecule has 0 saturated heterocycles. The minimum atomic E-state index is -4.51. The van der Waals surface area contributed by atoms with E-state index in [9.17, 15) is 13.2 Å². The van der Waals surface area contributed by atoms with E-state index in [0.29, 0.717) is 40.5 Å². The summed E-state index contributed by atoms with van der Waals surface area (Å²) < 4.78 is 54.6. The van der Waals surface area contributed by atoms with Crippen LogP contribution in [0.2, 0.25) is 0 Å². The van der Waals surface area contributed by atoms with Gasteiger partial charge in [-0.2, -0.15) is 18.2 Å². The Labute approximate surface area is 237 Å². The predicted octanol–water partition coefficient (Wildman–Crippen LogP) is 6.09. The van der Waals surface area contributed by atoms with Gasteiger partial charge in [0.2, 0.25) is 11.8 Å². The number of ether oxygens (including phenoxy) is 2. The number of thioether (sulfide) groups is 1. The Morgan fingerprint density at radius 2 is 1.80 bits per heavy atom. The van der Waals surface area contributed by atoms with Gasteiger partial charge in [-0.3, -0.25) is 0 Å². The standard InChI is InChI=1S/C28H26F3N7O2S/c1-37-12-20(28(29,30)31)35-25(37)18-6-4-16(5-7-18)13-40-27-23-19(10-11-38(23)15-41-3)34-24(36-27)21-22(17-8-9-17)32-14-33-26(21)39-2/h4-7,10-12,14,17H,8-9,13,15H2,1-3H3. The summed E-state index contributed by atoms with van der Waals surface area (Å²) in [7, 11) is 3.10. The number of aromatic nitrogens is 7. The summed E-state index contributed by atoms with van der Waals surface area (Å²) in [5.74, 6) is 2.48. The smallest absolute Gasteiger partial charge is 0.434 e. The van der Waals surface area contributed by atoms with Gasteiger partial charge in [0.15, 0.2) is 11.5 Å². The molecule has 41 heavy (non-hydrogen) atoms. The molecule has 0 bridgehead atoms. The average Bonchev–Trinajstić information content (AvgIpc) is 3.62. The normalized spacial score (nSPS) is 13.6. The number of aryl methyl sites for hydroxylation is 1. The minimum Gasteiger partial charge on any atom is -0.480 e. The van der Waals surface area contributed by atoms with Crippen LogP contribution in [0.15, 0.2) is 49.1 Å². The quantitative estimate of drug-likeness (QED) is 0.206. The topological polar surface area (TPSA) is 92.8 Å². The van der Waals surface area contributed by atoms with E-state index in [1.807, 2.05) is 23.1 Å². The fourth-order valence-corrected chi connectivity index (χ4v) is 5.21. The largest absolute Gasteiger partial charge is 0.480 e. The first-order valence-corrected chi connectivity index (χ1v) is 14.2. The van der Waals surface area contributed by atoms with Gasteiger partial charge in [0.05, 0.1) is 24.2 Å². The zero-order chi connectivity index (χ0) is 28.7. The highest BCUT2D eigenvalue weighted by molar-refractivity contribution is 7.97. The molecule has 1 saturated carbocycles. The van der Waals surface area contributed by atoms with E-state index in [1.165, 1.54) is 17.9 Å². The summed E-state index contributed by atoms with van der Waals surface area (Å²) in [5, 5.41) is 0. The second kappa shape index (κ2) is 10.7. The lowest BCUT2D eigenvalue weighted by Gasteiger charge is -2.14. The molecular weight excluding hydrogens is 555 g/mol. The molecule has 13 heteroatoms. The van der Waals surface area contributed by atoms with Crippen molar-refractivity contribution in [3.63, 3.8) is 0 Å². The Morgan fingerprint density at radius 3 is 2.46 bits per heavy atom. The van der Waals surface area contributed by atoms with Crippen molar-refractivity contribution in [2.75, 3.05) is 13.4 Å². The lowest BCUT2D eigenvalue weighted by molar-refractivity contribution is -0.140. The Hall–Kier alpha value is -4.13. The van der Waals surface area contributed by atoms with Crippen LogP contribution in [0.1, 0.15) is 35.7 Å². The summed E-state index contributed by atoms with van der Waals surface area (Å²) >= 11 is 1.66. The molecule has 0 amide bonds. The van der Waals surface area contributed by atoms with Crippen LogP contribution in [0.5, 0.6) is 11.8 Å². The third-order valence-electron chi connectivity index (χ3n) is 6.82. The van der Waals surface area contributed by atoms with Crippen molar-refractivity contribution in [2.24, 2.45) is 7.05 Å². The fourth-order valence-electron chi connectivity index (χ4n) is 4.72. The molecule has 4 heterocycles. The van der Waals surface area contributed by atoms with Crippen molar-refractivity contribution in [2.45, 2.75) is 37.4 Å². The first kappa shape index (κ1) is 27.1. The lowest BCUT2D eigenvalue weighted by Crippen LogP contribution is -2.06. The summed E-state index contributed by atoms with van der Waals surface area (Å²) in [6.07, 6.45) is 4.01. The van der Waals surface area contributed by atoms with Gasteiger partial charge in [0, 0.05) is 30.9 Å². The van der Waals surface area contributed by atoms with Gasteiger partial charge in [-0.05, 0) is 30.7 Å². The van der Waals surface area contributed by atoms with Gasteiger partial charge in [-0.1, -0.05) is 24.3 Å². The van der Waals surface area contributed by atoms with Gasteiger partial charge in [-0.15, -0.1) is 11.8 Å². The summed E-state index contributed by atoms with van der Waals surface area (Å²) in [6.45, 7) is 0.183. The molecule has 1 aliphatic rings. The van der Waals surface area contributed by atoms with E-state index in [1.54, 1.807) is 43.1 Å². The first-order chi connectivity index (χ1) is 19.8. The van der Waals surface area contributed by atoms with Crippen molar-refractivity contribution >= 4 is 22.8 Å². The minimum absolute atomic E-state index is 0.183. The van der Waals surface area contributed by atoms with Gasteiger partial charge >= 0.3 is 6.18 Å². The van der Waals surface area contributed by atoms with E-state index in [2.05, 4.69) is 15.0 Å². The molecule has 0 aliphatic heterocycles. The average molecular weight is 582 g/mol. The Kier molecular flexibility index (Phi) is 7.06. The molecule has 1 fully saturated rings. The van der Waals surface area contributed by atoms with Gasteiger partial charge in [0.1, 0.15) is 29.8 Å². The van der Waals surface area contributed by atoms with Crippen molar-refractivity contribution in [3.05, 3.63) is 66.0 Å². The highest BCUT2D eigenvalue weighted by atomic mass is 32.2. The number of alkyl halides is 3. The highest BCUT2D eigenvalue weighted by Gasteiger charge is 2.35. The molecular formula is C28H26F3N7O2S. The molecule has 1 aliphatic carbocycles. The van der Waals surface area contributed by atoms with E-state index in [-0.39, 0.29) is 12.4 Å². The molecule has 0 atom stereocenters. The number of imidazole rings is 1.